The van der Waals surface area contributed by atoms with E-state index in [9.17, 15) is 19.1 Å². The second-order valence-electron chi connectivity index (χ2n) is 4.67. The predicted octanol–water partition coefficient (Wildman–Crippen LogP) is 1.13. The van der Waals surface area contributed by atoms with Crippen LogP contribution in [-0.4, -0.2) is 35.3 Å². The summed E-state index contributed by atoms with van der Waals surface area (Å²) in [5, 5.41) is 23.3. The fraction of sp³-hybridized carbons (Fsp3) is 0.286. The molecule has 0 radical (unpaired) electrons. The van der Waals surface area contributed by atoms with E-state index in [1.165, 1.54) is 6.07 Å². The van der Waals surface area contributed by atoms with Gasteiger partial charge >= 0.3 is 6.09 Å². The lowest BCUT2D eigenvalue weighted by Gasteiger charge is -2.20. The van der Waals surface area contributed by atoms with E-state index >= 15 is 0 Å². The van der Waals surface area contributed by atoms with Crippen molar-refractivity contribution in [2.24, 2.45) is 0 Å². The van der Waals surface area contributed by atoms with Crippen LogP contribution in [-0.2, 0) is 6.42 Å². The van der Waals surface area contributed by atoms with Crippen LogP contribution in [0.25, 0.3) is 0 Å². The maximum atomic E-state index is 12.8. The molecule has 112 valence electrons. The average molecular weight is 294 g/mol. The number of fused-ring (bicyclic) bond motifs is 1. The molecule has 0 bridgehead atoms. The first-order valence-electron chi connectivity index (χ1n) is 6.38. The van der Waals surface area contributed by atoms with Gasteiger partial charge in [-0.05, 0) is 23.6 Å². The van der Waals surface area contributed by atoms with E-state index in [1.54, 1.807) is 12.1 Å². The van der Waals surface area contributed by atoms with Crippen molar-refractivity contribution in [3.63, 3.8) is 0 Å². The quantitative estimate of drug-likeness (QED) is 0.669. The summed E-state index contributed by atoms with van der Waals surface area (Å²) in [4.78, 5) is 22.2. The van der Waals surface area contributed by atoms with Crippen molar-refractivity contribution in [2.75, 3.05) is 13.1 Å². The molecule has 2 rings (SSSR count). The van der Waals surface area contributed by atoms with Crippen molar-refractivity contribution in [3.8, 4) is 0 Å². The SMILES string of the molecule is O=C(O)NCC(=CF)C(O)c1ccc2c(c1)C(=O)NCC2. The van der Waals surface area contributed by atoms with Crippen LogP contribution in [0.2, 0.25) is 0 Å². The summed E-state index contributed by atoms with van der Waals surface area (Å²) in [5.74, 6) is -0.236. The van der Waals surface area contributed by atoms with E-state index < -0.39 is 12.2 Å². The van der Waals surface area contributed by atoms with Crippen molar-refractivity contribution < 1.29 is 24.2 Å². The zero-order chi connectivity index (χ0) is 15.4. The molecular weight excluding hydrogens is 279 g/mol. The third kappa shape index (κ3) is 3.38. The van der Waals surface area contributed by atoms with Crippen molar-refractivity contribution in [1.82, 2.24) is 10.6 Å². The van der Waals surface area contributed by atoms with Gasteiger partial charge in [-0.2, -0.15) is 0 Å². The summed E-state index contributed by atoms with van der Waals surface area (Å²) < 4.78 is 12.8. The summed E-state index contributed by atoms with van der Waals surface area (Å²) in [6.45, 7) is 0.224. The van der Waals surface area contributed by atoms with Gasteiger partial charge < -0.3 is 20.8 Å². The molecule has 0 saturated carbocycles. The van der Waals surface area contributed by atoms with Gasteiger partial charge in [0, 0.05) is 24.2 Å². The van der Waals surface area contributed by atoms with Gasteiger partial charge in [0.1, 0.15) is 6.10 Å². The van der Waals surface area contributed by atoms with Crippen LogP contribution < -0.4 is 10.6 Å². The van der Waals surface area contributed by atoms with Gasteiger partial charge in [-0.3, -0.25) is 4.79 Å². The largest absolute Gasteiger partial charge is 0.465 e. The third-order valence-corrected chi connectivity index (χ3v) is 3.31. The van der Waals surface area contributed by atoms with Crippen LogP contribution in [0.3, 0.4) is 0 Å². The Hall–Kier alpha value is -2.41. The molecule has 0 aliphatic carbocycles. The van der Waals surface area contributed by atoms with Gasteiger partial charge in [0.15, 0.2) is 0 Å². The standard InChI is InChI=1S/C14H15FN2O4/c15-6-10(7-17-14(20)21)12(18)9-2-1-8-3-4-16-13(19)11(8)5-9/h1-2,5-6,12,17-18H,3-4,7H2,(H,16,19)(H,20,21). The number of hydrogen-bond acceptors (Lipinski definition) is 3. The fourth-order valence-corrected chi connectivity index (χ4v) is 2.19. The lowest BCUT2D eigenvalue weighted by Crippen LogP contribution is -2.32. The van der Waals surface area contributed by atoms with E-state index in [-0.39, 0.29) is 24.4 Å². The third-order valence-electron chi connectivity index (χ3n) is 3.31. The summed E-state index contributed by atoms with van der Waals surface area (Å²) in [6, 6.07) is 4.82. The maximum Gasteiger partial charge on any atom is 0.404 e. The van der Waals surface area contributed by atoms with Gasteiger partial charge in [0.2, 0.25) is 0 Å². The minimum atomic E-state index is -1.32. The minimum absolute atomic E-state index is 0.131. The molecule has 4 N–H and O–H groups in total. The number of aliphatic hydroxyl groups is 1. The molecule has 2 amide bonds. The second-order valence-corrected chi connectivity index (χ2v) is 4.67. The van der Waals surface area contributed by atoms with E-state index in [4.69, 9.17) is 5.11 Å². The molecule has 1 aromatic rings. The van der Waals surface area contributed by atoms with Crippen molar-refractivity contribution in [3.05, 3.63) is 46.8 Å². The van der Waals surface area contributed by atoms with Crippen molar-refractivity contribution in [2.45, 2.75) is 12.5 Å². The topological polar surface area (TPSA) is 98.7 Å². The summed E-state index contributed by atoms with van der Waals surface area (Å²) in [7, 11) is 0. The highest BCUT2D eigenvalue weighted by Gasteiger charge is 2.20. The number of carboxylic acid groups (broad SMARTS) is 1. The molecule has 1 atom stereocenters. The van der Waals surface area contributed by atoms with Gasteiger partial charge in [-0.1, -0.05) is 12.1 Å². The Balaban J connectivity index is 2.22. The molecule has 21 heavy (non-hydrogen) atoms. The van der Waals surface area contributed by atoms with Crippen LogP contribution in [0.1, 0.15) is 27.6 Å². The number of amides is 2. The molecule has 1 aromatic carbocycles. The minimum Gasteiger partial charge on any atom is -0.465 e. The molecule has 1 aliphatic heterocycles. The summed E-state index contributed by atoms with van der Waals surface area (Å²) >= 11 is 0. The lowest BCUT2D eigenvalue weighted by molar-refractivity contribution is 0.0945. The highest BCUT2D eigenvalue weighted by Crippen LogP contribution is 2.25. The molecule has 1 heterocycles. The Bertz CT molecular complexity index is 601. The Morgan fingerprint density at radius 2 is 2.29 bits per heavy atom. The molecule has 0 fully saturated rings. The van der Waals surface area contributed by atoms with Gasteiger partial charge in [0.25, 0.3) is 5.91 Å². The number of halogens is 1. The molecule has 0 aromatic heterocycles. The highest BCUT2D eigenvalue weighted by molar-refractivity contribution is 5.96. The molecule has 0 spiro atoms. The van der Waals surface area contributed by atoms with Gasteiger partial charge in [-0.25, -0.2) is 9.18 Å². The van der Waals surface area contributed by atoms with Crippen LogP contribution in [0.15, 0.2) is 30.1 Å². The predicted molar refractivity (Wildman–Crippen MR) is 72.7 cm³/mol. The lowest BCUT2D eigenvalue weighted by atomic mass is 9.94. The molecule has 6 nitrogen and oxygen atoms in total. The summed E-state index contributed by atoms with van der Waals surface area (Å²) in [6.07, 6.45) is -1.77. The Morgan fingerprint density at radius 3 is 2.95 bits per heavy atom. The van der Waals surface area contributed by atoms with E-state index in [2.05, 4.69) is 5.32 Å². The molecule has 7 heteroatoms. The molecule has 1 unspecified atom stereocenters. The number of hydrogen-bond donors (Lipinski definition) is 4. The zero-order valence-electron chi connectivity index (χ0n) is 11.1. The van der Waals surface area contributed by atoms with Gasteiger partial charge in [0.05, 0.1) is 6.33 Å². The number of carbonyl (C=O) groups is 2. The molecular formula is C14H15FN2O4. The second kappa shape index (κ2) is 6.36. The molecule has 0 saturated heterocycles. The summed E-state index contributed by atoms with van der Waals surface area (Å²) in [5.41, 5.74) is 1.52. The molecule has 1 aliphatic rings. The first kappa shape index (κ1) is 15.0. The number of rotatable bonds is 4. The first-order chi connectivity index (χ1) is 10.0. The smallest absolute Gasteiger partial charge is 0.404 e. The zero-order valence-corrected chi connectivity index (χ0v) is 11.1. The van der Waals surface area contributed by atoms with E-state index in [0.717, 1.165) is 5.56 Å². The van der Waals surface area contributed by atoms with Crippen LogP contribution in [0.4, 0.5) is 9.18 Å². The average Bonchev–Trinajstić information content (AvgIpc) is 2.47. The van der Waals surface area contributed by atoms with Crippen LogP contribution >= 0.6 is 0 Å². The number of nitrogens with one attached hydrogen (secondary N) is 2. The van der Waals surface area contributed by atoms with Crippen molar-refractivity contribution >= 4 is 12.0 Å². The van der Waals surface area contributed by atoms with Gasteiger partial charge in [-0.15, -0.1) is 0 Å². The maximum absolute atomic E-state index is 12.8. The number of benzene rings is 1. The van der Waals surface area contributed by atoms with E-state index in [1.807, 2.05) is 5.32 Å². The Morgan fingerprint density at radius 1 is 1.52 bits per heavy atom. The normalized spacial score (nSPS) is 15.9. The monoisotopic (exact) mass is 294 g/mol. The number of carbonyl (C=O) groups excluding carboxylic acids is 1. The van der Waals surface area contributed by atoms with Crippen LogP contribution in [0, 0.1) is 0 Å². The van der Waals surface area contributed by atoms with Crippen LogP contribution in [0.5, 0.6) is 0 Å². The fourth-order valence-electron chi connectivity index (χ4n) is 2.19. The van der Waals surface area contributed by atoms with Crippen molar-refractivity contribution in [1.29, 1.82) is 0 Å². The Labute approximate surface area is 120 Å². The first-order valence-corrected chi connectivity index (χ1v) is 6.38. The Kier molecular flexibility index (Phi) is 4.54. The van der Waals surface area contributed by atoms with E-state index in [0.29, 0.717) is 24.1 Å². The number of aliphatic hydroxyl groups excluding tert-OH is 1. The highest BCUT2D eigenvalue weighted by atomic mass is 19.1.